The first-order valence-electron chi connectivity index (χ1n) is 6.98. The minimum atomic E-state index is 0.455. The molecule has 3 heterocycles. The lowest BCUT2D eigenvalue weighted by Gasteiger charge is -2.17. The first kappa shape index (κ1) is 11.7. The van der Waals surface area contributed by atoms with Crippen molar-refractivity contribution in [1.82, 2.24) is 19.4 Å². The lowest BCUT2D eigenvalue weighted by molar-refractivity contribution is 0.314. The molecule has 0 aromatic carbocycles. The zero-order valence-corrected chi connectivity index (χ0v) is 11.6. The second-order valence-electron chi connectivity index (χ2n) is 5.55. The van der Waals surface area contributed by atoms with Gasteiger partial charge in [-0.25, -0.2) is 9.97 Å². The second-order valence-corrected chi connectivity index (χ2v) is 5.81. The van der Waals surface area contributed by atoms with E-state index in [9.17, 15) is 0 Å². The van der Waals surface area contributed by atoms with Crippen molar-refractivity contribution in [3.05, 3.63) is 24.2 Å². The van der Waals surface area contributed by atoms with Gasteiger partial charge in [-0.2, -0.15) is 0 Å². The largest absolute Gasteiger partial charge is 0.307 e. The van der Waals surface area contributed by atoms with Crippen LogP contribution in [0.5, 0.6) is 0 Å². The van der Waals surface area contributed by atoms with Gasteiger partial charge in [0.2, 0.25) is 0 Å². The minimum Gasteiger partial charge on any atom is -0.307 e. The lowest BCUT2D eigenvalue weighted by Crippen LogP contribution is -2.24. The molecule has 1 saturated heterocycles. The summed E-state index contributed by atoms with van der Waals surface area (Å²) in [5, 5.41) is 0. The SMILES string of the molecule is ClCc1nc2cccnc2n1C1CCN(C2CC2)C1. The summed E-state index contributed by atoms with van der Waals surface area (Å²) in [4.78, 5) is 11.7. The number of hydrogen-bond acceptors (Lipinski definition) is 3. The molecule has 0 spiro atoms. The number of likely N-dealkylation sites (tertiary alicyclic amines) is 1. The van der Waals surface area contributed by atoms with E-state index in [1.165, 1.54) is 25.8 Å². The molecule has 4 rings (SSSR count). The fourth-order valence-corrected chi connectivity index (χ4v) is 3.39. The molecule has 2 aliphatic rings. The number of fused-ring (bicyclic) bond motifs is 1. The summed E-state index contributed by atoms with van der Waals surface area (Å²) in [6, 6.07) is 5.27. The fourth-order valence-electron chi connectivity index (χ4n) is 3.20. The molecule has 1 atom stereocenters. The third kappa shape index (κ3) is 1.94. The maximum Gasteiger partial charge on any atom is 0.160 e. The summed E-state index contributed by atoms with van der Waals surface area (Å²) in [5.74, 6) is 1.41. The van der Waals surface area contributed by atoms with Crippen LogP contribution in [0.2, 0.25) is 0 Å². The van der Waals surface area contributed by atoms with Gasteiger partial charge < -0.3 is 4.57 Å². The van der Waals surface area contributed by atoms with Crippen LogP contribution in [-0.2, 0) is 5.88 Å². The van der Waals surface area contributed by atoms with Crippen LogP contribution < -0.4 is 0 Å². The summed E-state index contributed by atoms with van der Waals surface area (Å²) in [7, 11) is 0. The Bertz CT molecular complexity index is 605. The van der Waals surface area contributed by atoms with Gasteiger partial charge >= 0.3 is 0 Å². The number of nitrogens with zero attached hydrogens (tertiary/aromatic N) is 4. The van der Waals surface area contributed by atoms with E-state index in [0.29, 0.717) is 11.9 Å². The average Bonchev–Trinajstić information content (AvgIpc) is 3.06. The molecule has 2 fully saturated rings. The molecular weight excluding hydrogens is 260 g/mol. The Kier molecular flexibility index (Phi) is 2.74. The molecule has 0 N–H and O–H groups in total. The highest BCUT2D eigenvalue weighted by atomic mass is 35.5. The van der Waals surface area contributed by atoms with Crippen LogP contribution in [0, 0.1) is 0 Å². The van der Waals surface area contributed by atoms with Crippen molar-refractivity contribution in [3.63, 3.8) is 0 Å². The Labute approximate surface area is 117 Å². The number of pyridine rings is 1. The molecule has 1 aliphatic carbocycles. The van der Waals surface area contributed by atoms with E-state index in [2.05, 4.69) is 19.4 Å². The Morgan fingerprint density at radius 2 is 2.16 bits per heavy atom. The first-order valence-corrected chi connectivity index (χ1v) is 7.52. The van der Waals surface area contributed by atoms with Gasteiger partial charge in [-0.05, 0) is 31.4 Å². The van der Waals surface area contributed by atoms with E-state index in [-0.39, 0.29) is 0 Å². The van der Waals surface area contributed by atoms with Crippen LogP contribution in [0.15, 0.2) is 18.3 Å². The third-order valence-corrected chi connectivity index (χ3v) is 4.50. The normalized spacial score (nSPS) is 24.4. The molecular formula is C14H17ClN4. The number of rotatable bonds is 3. The standard InChI is InChI=1S/C14H17ClN4/c15-8-13-17-12-2-1-6-16-14(12)19(13)11-5-7-18(9-11)10-3-4-10/h1-2,6,10-11H,3-5,7-9H2. The lowest BCUT2D eigenvalue weighted by atomic mass is 10.2. The van der Waals surface area contributed by atoms with E-state index in [1.807, 2.05) is 18.3 Å². The summed E-state index contributed by atoms with van der Waals surface area (Å²) in [6.07, 6.45) is 5.77. The zero-order chi connectivity index (χ0) is 12.8. The molecule has 0 radical (unpaired) electrons. The molecule has 2 aromatic heterocycles. The fraction of sp³-hybridized carbons (Fsp3) is 0.571. The molecule has 1 aliphatic heterocycles. The predicted molar refractivity (Wildman–Crippen MR) is 75.3 cm³/mol. The van der Waals surface area contributed by atoms with E-state index in [0.717, 1.165) is 29.6 Å². The number of imidazole rings is 1. The van der Waals surface area contributed by atoms with Crippen molar-refractivity contribution < 1.29 is 0 Å². The Morgan fingerprint density at radius 1 is 1.26 bits per heavy atom. The van der Waals surface area contributed by atoms with Crippen molar-refractivity contribution in [3.8, 4) is 0 Å². The van der Waals surface area contributed by atoms with Crippen LogP contribution in [-0.4, -0.2) is 38.6 Å². The van der Waals surface area contributed by atoms with Crippen LogP contribution in [0.4, 0.5) is 0 Å². The van der Waals surface area contributed by atoms with Crippen molar-refractivity contribution in [2.45, 2.75) is 37.2 Å². The molecule has 1 unspecified atom stereocenters. The summed E-state index contributed by atoms with van der Waals surface area (Å²) in [5.41, 5.74) is 1.95. The van der Waals surface area contributed by atoms with Gasteiger partial charge in [0.25, 0.3) is 0 Å². The topological polar surface area (TPSA) is 34.0 Å². The smallest absolute Gasteiger partial charge is 0.160 e. The van der Waals surface area contributed by atoms with Gasteiger partial charge in [0.05, 0.1) is 11.9 Å². The summed E-state index contributed by atoms with van der Waals surface area (Å²) in [6.45, 7) is 2.32. The van der Waals surface area contributed by atoms with Gasteiger partial charge in [-0.3, -0.25) is 4.90 Å². The van der Waals surface area contributed by atoms with Crippen LogP contribution in [0.25, 0.3) is 11.2 Å². The quantitative estimate of drug-likeness (QED) is 0.808. The molecule has 19 heavy (non-hydrogen) atoms. The van der Waals surface area contributed by atoms with Gasteiger partial charge in [0, 0.05) is 25.3 Å². The molecule has 0 amide bonds. The van der Waals surface area contributed by atoms with E-state index >= 15 is 0 Å². The molecule has 5 heteroatoms. The molecule has 0 bridgehead atoms. The van der Waals surface area contributed by atoms with Gasteiger partial charge in [0.15, 0.2) is 5.65 Å². The number of halogens is 1. The zero-order valence-electron chi connectivity index (χ0n) is 10.8. The van der Waals surface area contributed by atoms with Crippen molar-refractivity contribution in [1.29, 1.82) is 0 Å². The highest BCUT2D eigenvalue weighted by Crippen LogP contribution is 2.35. The predicted octanol–water partition coefficient (Wildman–Crippen LogP) is 2.58. The Morgan fingerprint density at radius 3 is 2.95 bits per heavy atom. The van der Waals surface area contributed by atoms with Crippen molar-refractivity contribution in [2.75, 3.05) is 13.1 Å². The average molecular weight is 277 g/mol. The molecule has 100 valence electrons. The minimum absolute atomic E-state index is 0.455. The van der Waals surface area contributed by atoms with Crippen LogP contribution >= 0.6 is 11.6 Å². The van der Waals surface area contributed by atoms with Gasteiger partial charge in [-0.1, -0.05) is 0 Å². The highest BCUT2D eigenvalue weighted by molar-refractivity contribution is 6.16. The maximum atomic E-state index is 6.07. The van der Waals surface area contributed by atoms with Crippen LogP contribution in [0.1, 0.15) is 31.1 Å². The van der Waals surface area contributed by atoms with Crippen LogP contribution in [0.3, 0.4) is 0 Å². The van der Waals surface area contributed by atoms with E-state index in [1.54, 1.807) is 0 Å². The molecule has 2 aromatic rings. The second kappa shape index (κ2) is 4.46. The number of alkyl halides is 1. The third-order valence-electron chi connectivity index (χ3n) is 4.26. The maximum absolute atomic E-state index is 6.07. The summed E-state index contributed by atoms with van der Waals surface area (Å²) >= 11 is 6.07. The monoisotopic (exact) mass is 276 g/mol. The Balaban J connectivity index is 1.73. The summed E-state index contributed by atoms with van der Waals surface area (Å²) < 4.78 is 2.27. The van der Waals surface area contributed by atoms with Gasteiger partial charge in [0.1, 0.15) is 11.3 Å². The highest BCUT2D eigenvalue weighted by Gasteiger charge is 2.36. The van der Waals surface area contributed by atoms with E-state index < -0.39 is 0 Å². The number of hydrogen-bond donors (Lipinski definition) is 0. The van der Waals surface area contributed by atoms with Crippen molar-refractivity contribution >= 4 is 22.8 Å². The Hall–Kier alpha value is -1.13. The number of aromatic nitrogens is 3. The first-order chi connectivity index (χ1) is 9.36. The van der Waals surface area contributed by atoms with E-state index in [4.69, 9.17) is 11.6 Å². The molecule has 4 nitrogen and oxygen atoms in total. The van der Waals surface area contributed by atoms with Crippen molar-refractivity contribution in [2.24, 2.45) is 0 Å². The van der Waals surface area contributed by atoms with Gasteiger partial charge in [-0.15, -0.1) is 11.6 Å². The molecule has 1 saturated carbocycles.